The summed E-state index contributed by atoms with van der Waals surface area (Å²) >= 11 is 0. The van der Waals surface area contributed by atoms with Crippen molar-refractivity contribution in [3.63, 3.8) is 0 Å². The molecule has 9 nitrogen and oxygen atoms in total. The lowest BCUT2D eigenvalue weighted by molar-refractivity contribution is -0.122. The predicted octanol–water partition coefficient (Wildman–Crippen LogP) is 1.37. The number of rotatable bonds is 7. The van der Waals surface area contributed by atoms with Gasteiger partial charge in [-0.3, -0.25) is 9.36 Å². The van der Waals surface area contributed by atoms with E-state index in [4.69, 9.17) is 4.42 Å². The van der Waals surface area contributed by atoms with Crippen molar-refractivity contribution in [2.24, 2.45) is 0 Å². The highest BCUT2D eigenvalue weighted by molar-refractivity contribution is 7.89. The van der Waals surface area contributed by atoms with Gasteiger partial charge < -0.3 is 14.6 Å². The Morgan fingerprint density at radius 1 is 1.16 bits per heavy atom. The van der Waals surface area contributed by atoms with Crippen LogP contribution in [0, 0.1) is 0 Å². The number of fused-ring (bicyclic) bond motifs is 1. The number of hydrogen-bond donors (Lipinski definition) is 1. The molecule has 2 aromatic rings. The van der Waals surface area contributed by atoms with E-state index in [-0.39, 0.29) is 35.4 Å². The Labute approximate surface area is 182 Å². The zero-order valence-electron chi connectivity index (χ0n) is 17.9. The van der Waals surface area contributed by atoms with Crippen LogP contribution in [0.4, 0.5) is 0 Å². The van der Waals surface area contributed by atoms with E-state index < -0.39 is 15.8 Å². The third-order valence-electron chi connectivity index (χ3n) is 6.30. The molecule has 2 aliphatic rings. The fraction of sp³-hybridized carbons (Fsp3) is 0.619. The first-order chi connectivity index (χ1) is 14.9. The van der Waals surface area contributed by atoms with E-state index in [0.717, 1.165) is 45.3 Å². The van der Waals surface area contributed by atoms with Crippen LogP contribution in [0.25, 0.3) is 11.1 Å². The number of piperidine rings is 1. The summed E-state index contributed by atoms with van der Waals surface area (Å²) in [6.07, 6.45) is 3.74. The number of sulfonamides is 1. The number of benzene rings is 1. The summed E-state index contributed by atoms with van der Waals surface area (Å²) in [4.78, 5) is 27.2. The zero-order chi connectivity index (χ0) is 22.0. The molecule has 0 unspecified atom stereocenters. The number of aryl methyl sites for hydroxylation is 1. The van der Waals surface area contributed by atoms with Crippen LogP contribution in [-0.4, -0.2) is 66.9 Å². The summed E-state index contributed by atoms with van der Waals surface area (Å²) in [6, 6.07) is 4.67. The monoisotopic (exact) mass is 450 g/mol. The third-order valence-corrected chi connectivity index (χ3v) is 8.20. The van der Waals surface area contributed by atoms with Crippen LogP contribution in [0.1, 0.15) is 39.0 Å². The number of likely N-dealkylation sites (tertiary alicyclic amines) is 1. The zero-order valence-corrected chi connectivity index (χ0v) is 18.7. The van der Waals surface area contributed by atoms with Crippen LogP contribution < -0.4 is 11.1 Å². The lowest BCUT2D eigenvalue weighted by Gasteiger charge is -2.31. The maximum absolute atomic E-state index is 12.8. The second kappa shape index (κ2) is 9.13. The summed E-state index contributed by atoms with van der Waals surface area (Å²) in [6.45, 7) is 6.33. The van der Waals surface area contributed by atoms with Gasteiger partial charge in [0.2, 0.25) is 15.9 Å². The highest BCUT2D eigenvalue weighted by atomic mass is 32.2. The number of aromatic nitrogens is 1. The van der Waals surface area contributed by atoms with Gasteiger partial charge in [0.1, 0.15) is 0 Å². The highest BCUT2D eigenvalue weighted by Crippen LogP contribution is 2.24. The Balaban J connectivity index is 1.42. The van der Waals surface area contributed by atoms with Crippen LogP contribution in [-0.2, 0) is 21.4 Å². The Hall–Kier alpha value is -2.17. The maximum atomic E-state index is 12.8. The molecule has 1 amide bonds. The first-order valence-electron chi connectivity index (χ1n) is 11.0. The molecule has 0 atom stereocenters. The van der Waals surface area contributed by atoms with Gasteiger partial charge in [0.25, 0.3) is 0 Å². The summed E-state index contributed by atoms with van der Waals surface area (Å²) in [5.41, 5.74) is 0.715. The van der Waals surface area contributed by atoms with Gasteiger partial charge in [-0.25, -0.2) is 13.2 Å². The number of amides is 1. The lowest BCUT2D eigenvalue weighted by atomic mass is 10.0. The highest BCUT2D eigenvalue weighted by Gasteiger charge is 2.28. The molecule has 0 saturated carbocycles. The smallest absolute Gasteiger partial charge is 0.408 e. The van der Waals surface area contributed by atoms with E-state index in [2.05, 4.69) is 17.1 Å². The molecule has 1 aromatic carbocycles. The number of nitrogens with zero attached hydrogens (tertiary/aromatic N) is 3. The second-order valence-electron chi connectivity index (χ2n) is 8.29. The molecule has 1 aromatic heterocycles. The van der Waals surface area contributed by atoms with Gasteiger partial charge in [0.15, 0.2) is 5.58 Å². The van der Waals surface area contributed by atoms with E-state index >= 15 is 0 Å². The normalized spacial score (nSPS) is 19.3. The summed E-state index contributed by atoms with van der Waals surface area (Å²) in [5.74, 6) is -0.681. The van der Waals surface area contributed by atoms with Gasteiger partial charge in [-0.15, -0.1) is 0 Å². The van der Waals surface area contributed by atoms with Crippen LogP contribution >= 0.6 is 0 Å². The molecule has 0 aliphatic carbocycles. The lowest BCUT2D eigenvalue weighted by Crippen LogP contribution is -2.44. The maximum Gasteiger partial charge on any atom is 0.419 e. The van der Waals surface area contributed by atoms with Gasteiger partial charge in [0.05, 0.1) is 10.4 Å². The fourth-order valence-corrected chi connectivity index (χ4v) is 5.94. The van der Waals surface area contributed by atoms with Crippen LogP contribution in [0.3, 0.4) is 0 Å². The Morgan fingerprint density at radius 2 is 1.87 bits per heavy atom. The number of hydrogen-bond acceptors (Lipinski definition) is 6. The minimum Gasteiger partial charge on any atom is -0.408 e. The second-order valence-corrected chi connectivity index (χ2v) is 10.2. The Kier molecular flexibility index (Phi) is 6.49. The molecule has 2 aliphatic heterocycles. The molecular weight excluding hydrogens is 420 g/mol. The number of carbonyl (C=O) groups excluding carboxylic acids is 1. The fourth-order valence-electron chi connectivity index (χ4n) is 4.40. The predicted molar refractivity (Wildman–Crippen MR) is 116 cm³/mol. The van der Waals surface area contributed by atoms with E-state index in [1.165, 1.54) is 21.0 Å². The molecule has 0 radical (unpaired) electrons. The first kappa shape index (κ1) is 22.0. The van der Waals surface area contributed by atoms with Gasteiger partial charge in [-0.1, -0.05) is 6.92 Å². The molecular formula is C21H30N4O5S. The van der Waals surface area contributed by atoms with E-state index in [1.807, 2.05) is 0 Å². The summed E-state index contributed by atoms with van der Waals surface area (Å²) in [7, 11) is -3.59. The molecule has 1 N–H and O–H groups in total. The molecule has 3 heterocycles. The SMILES string of the molecule is CCN1CCC(NC(=O)CCn2c(=O)oc3cc(S(=O)(=O)N4CCCC4)ccc32)CC1. The Bertz CT molecular complexity index is 1090. The van der Waals surface area contributed by atoms with Crippen LogP contribution in [0.5, 0.6) is 0 Å². The standard InChI is InChI=1S/C21H30N4O5S/c1-2-23-12-7-16(8-13-23)22-20(26)9-14-25-18-6-5-17(15-19(18)30-21(25)27)31(28,29)24-10-3-4-11-24/h5-6,15-16H,2-4,7-14H2,1H3,(H,22,26). The van der Waals surface area contributed by atoms with Crippen LogP contribution in [0.15, 0.2) is 32.3 Å². The topological polar surface area (TPSA) is 105 Å². The van der Waals surface area contributed by atoms with Gasteiger partial charge in [-0.05, 0) is 44.4 Å². The van der Waals surface area contributed by atoms with E-state index in [9.17, 15) is 18.0 Å². The van der Waals surface area contributed by atoms with Crippen molar-refractivity contribution >= 4 is 27.0 Å². The molecule has 10 heteroatoms. The van der Waals surface area contributed by atoms with Gasteiger partial charge in [0, 0.05) is 51.3 Å². The van der Waals surface area contributed by atoms with Gasteiger partial charge >= 0.3 is 5.76 Å². The molecule has 31 heavy (non-hydrogen) atoms. The van der Waals surface area contributed by atoms with Crippen LogP contribution in [0.2, 0.25) is 0 Å². The Morgan fingerprint density at radius 3 is 2.55 bits per heavy atom. The van der Waals surface area contributed by atoms with E-state index in [1.54, 1.807) is 6.07 Å². The van der Waals surface area contributed by atoms with Gasteiger partial charge in [-0.2, -0.15) is 4.31 Å². The third kappa shape index (κ3) is 4.70. The number of nitrogens with one attached hydrogen (secondary N) is 1. The van der Waals surface area contributed by atoms with Crippen molar-refractivity contribution in [2.45, 2.75) is 56.5 Å². The number of carbonyl (C=O) groups is 1. The van der Waals surface area contributed by atoms with Crippen molar-refractivity contribution in [1.29, 1.82) is 0 Å². The van der Waals surface area contributed by atoms with E-state index in [0.29, 0.717) is 18.6 Å². The van der Waals surface area contributed by atoms with Crippen molar-refractivity contribution in [1.82, 2.24) is 19.1 Å². The quantitative estimate of drug-likeness (QED) is 0.683. The minimum absolute atomic E-state index is 0.0931. The molecule has 0 spiro atoms. The van der Waals surface area contributed by atoms with Crippen molar-refractivity contribution in [3.8, 4) is 0 Å². The number of oxazole rings is 1. The molecule has 170 valence electrons. The van der Waals surface area contributed by atoms with Crippen molar-refractivity contribution in [3.05, 3.63) is 28.7 Å². The minimum atomic E-state index is -3.59. The molecule has 2 fully saturated rings. The average Bonchev–Trinajstić information content (AvgIpc) is 3.40. The summed E-state index contributed by atoms with van der Waals surface area (Å²) in [5, 5.41) is 3.06. The van der Waals surface area contributed by atoms with Crippen molar-refractivity contribution in [2.75, 3.05) is 32.7 Å². The molecule has 2 saturated heterocycles. The van der Waals surface area contributed by atoms with Crippen molar-refractivity contribution < 1.29 is 17.6 Å². The summed E-state index contributed by atoms with van der Waals surface area (Å²) < 4.78 is 33.7. The first-order valence-corrected chi connectivity index (χ1v) is 12.5. The largest absolute Gasteiger partial charge is 0.419 e. The average molecular weight is 451 g/mol. The molecule has 4 rings (SSSR count). The molecule has 0 bridgehead atoms.